The van der Waals surface area contributed by atoms with Gasteiger partial charge in [0.05, 0.1) is 23.1 Å². The van der Waals surface area contributed by atoms with Crippen LogP contribution in [0.3, 0.4) is 0 Å². The molecule has 1 aliphatic rings. The Morgan fingerprint density at radius 1 is 1.09 bits per heavy atom. The number of sulfonamides is 1. The summed E-state index contributed by atoms with van der Waals surface area (Å²) in [5.74, 6) is -0.404. The summed E-state index contributed by atoms with van der Waals surface area (Å²) in [6, 6.07) is 11.0. The summed E-state index contributed by atoms with van der Waals surface area (Å²) in [4.78, 5) is 37.1. The average Bonchev–Trinajstić information content (AvgIpc) is 3.71. The number of carbonyl (C=O) groups excluding carboxylic acids is 3. The van der Waals surface area contributed by atoms with Gasteiger partial charge in [0, 0.05) is 43.0 Å². The standard InChI is InChI=1S/C30H39BrN6O6S/c1-30(2,3)43-29(40)34-15-13-26(38)33-14-6-16-36(44(5,41)42)25-18-24-23(17-22(25)19-7-8-19)27(28(39)32-4)37(35-24)21-11-9-20(31)10-12-21/h9-12,17-19H,6-8,13-16H2,1-5H3,(H,32,39)(H,33,38)(H,34,40). The second kappa shape index (κ2) is 13.6. The number of carbonyl (C=O) groups is 3. The van der Waals surface area contributed by atoms with Gasteiger partial charge in [0.25, 0.3) is 5.91 Å². The van der Waals surface area contributed by atoms with Gasteiger partial charge >= 0.3 is 6.09 Å². The van der Waals surface area contributed by atoms with Crippen molar-refractivity contribution >= 4 is 60.5 Å². The van der Waals surface area contributed by atoms with Crippen LogP contribution in [0, 0.1) is 0 Å². The molecule has 1 aromatic heterocycles. The number of anilines is 1. The van der Waals surface area contributed by atoms with Gasteiger partial charge in [-0.1, -0.05) is 15.9 Å². The molecule has 44 heavy (non-hydrogen) atoms. The monoisotopic (exact) mass is 690 g/mol. The number of hydrogen-bond acceptors (Lipinski definition) is 7. The smallest absolute Gasteiger partial charge is 0.407 e. The Bertz CT molecular complexity index is 1640. The Hall–Kier alpha value is -3.65. The van der Waals surface area contributed by atoms with Gasteiger partial charge < -0.3 is 20.7 Å². The number of rotatable bonds is 12. The molecule has 3 aromatic rings. The van der Waals surface area contributed by atoms with Crippen LogP contribution in [-0.4, -0.2) is 74.6 Å². The van der Waals surface area contributed by atoms with Gasteiger partial charge in [-0.05, 0) is 87.9 Å². The fourth-order valence-corrected chi connectivity index (χ4v) is 6.02. The number of ether oxygens (including phenoxy) is 1. The van der Waals surface area contributed by atoms with E-state index in [-0.39, 0.29) is 43.8 Å². The van der Waals surface area contributed by atoms with Crippen molar-refractivity contribution in [1.29, 1.82) is 0 Å². The van der Waals surface area contributed by atoms with Crippen molar-refractivity contribution in [1.82, 2.24) is 25.7 Å². The first-order chi connectivity index (χ1) is 20.7. The highest BCUT2D eigenvalue weighted by molar-refractivity contribution is 9.10. The minimum absolute atomic E-state index is 0.0617. The lowest BCUT2D eigenvalue weighted by Gasteiger charge is -2.25. The Kier molecular flexibility index (Phi) is 10.2. The number of fused-ring (bicyclic) bond motifs is 1. The zero-order chi connectivity index (χ0) is 32.2. The minimum atomic E-state index is -3.70. The van der Waals surface area contributed by atoms with E-state index < -0.39 is 21.7 Å². The SMILES string of the molecule is CNC(=O)c1c2cc(C3CC3)c(N(CCCNC(=O)CCNC(=O)OC(C)(C)C)S(C)(=O)=O)cc2nn1-c1ccc(Br)cc1. The van der Waals surface area contributed by atoms with Gasteiger partial charge in [-0.3, -0.25) is 13.9 Å². The molecule has 14 heteroatoms. The average molecular weight is 692 g/mol. The molecule has 1 aliphatic carbocycles. The summed E-state index contributed by atoms with van der Waals surface area (Å²) in [5, 5.41) is 13.4. The molecule has 3 N–H and O–H groups in total. The van der Waals surface area contributed by atoms with E-state index in [9.17, 15) is 22.8 Å². The molecule has 0 aliphatic heterocycles. The van der Waals surface area contributed by atoms with Crippen molar-refractivity contribution in [2.24, 2.45) is 0 Å². The third kappa shape index (κ3) is 8.50. The van der Waals surface area contributed by atoms with E-state index in [2.05, 4.69) is 31.9 Å². The number of benzene rings is 2. The number of hydrogen-bond donors (Lipinski definition) is 3. The quantitative estimate of drug-likeness (QED) is 0.241. The fraction of sp³-hybridized carbons (Fsp3) is 0.467. The number of alkyl carbamates (subject to hydrolysis) is 1. The maximum atomic E-state index is 13.1. The Morgan fingerprint density at radius 2 is 1.77 bits per heavy atom. The van der Waals surface area contributed by atoms with Gasteiger partial charge in [-0.25, -0.2) is 17.9 Å². The highest BCUT2D eigenvalue weighted by Crippen LogP contribution is 2.46. The van der Waals surface area contributed by atoms with E-state index in [0.717, 1.165) is 29.1 Å². The third-order valence-electron chi connectivity index (χ3n) is 6.90. The van der Waals surface area contributed by atoms with E-state index in [1.807, 2.05) is 30.3 Å². The highest BCUT2D eigenvalue weighted by Gasteiger charge is 2.32. The maximum absolute atomic E-state index is 13.1. The molecule has 4 rings (SSSR count). The van der Waals surface area contributed by atoms with Crippen molar-refractivity contribution < 1.29 is 27.5 Å². The van der Waals surface area contributed by atoms with Crippen LogP contribution in [0.15, 0.2) is 40.9 Å². The normalized spacial score (nSPS) is 13.4. The van der Waals surface area contributed by atoms with Gasteiger partial charge in [-0.15, -0.1) is 0 Å². The number of halogens is 1. The molecule has 1 heterocycles. The predicted octanol–water partition coefficient (Wildman–Crippen LogP) is 4.21. The molecule has 238 valence electrons. The Morgan fingerprint density at radius 3 is 2.36 bits per heavy atom. The van der Waals surface area contributed by atoms with Crippen LogP contribution in [-0.2, 0) is 19.6 Å². The summed E-state index contributed by atoms with van der Waals surface area (Å²) < 4.78 is 35.1. The Balaban J connectivity index is 1.53. The molecule has 0 atom stereocenters. The van der Waals surface area contributed by atoms with Crippen molar-refractivity contribution in [3.63, 3.8) is 0 Å². The van der Waals surface area contributed by atoms with E-state index in [1.165, 1.54) is 4.31 Å². The van der Waals surface area contributed by atoms with Crippen LogP contribution in [0.25, 0.3) is 16.6 Å². The van der Waals surface area contributed by atoms with Crippen molar-refractivity contribution in [3.05, 3.63) is 52.1 Å². The summed E-state index contributed by atoms with van der Waals surface area (Å²) in [5.41, 5.74) is 2.29. The lowest BCUT2D eigenvalue weighted by atomic mass is 10.0. The zero-order valence-corrected chi connectivity index (χ0v) is 28.0. The molecular formula is C30H39BrN6O6S. The van der Waals surface area contributed by atoms with Gasteiger partial charge in [0.15, 0.2) is 0 Å². The minimum Gasteiger partial charge on any atom is -0.444 e. The fourth-order valence-electron chi connectivity index (χ4n) is 4.78. The second-order valence-electron chi connectivity index (χ2n) is 11.7. The molecule has 0 saturated heterocycles. The topological polar surface area (TPSA) is 152 Å². The van der Waals surface area contributed by atoms with E-state index >= 15 is 0 Å². The number of aromatic nitrogens is 2. The van der Waals surface area contributed by atoms with Crippen LogP contribution >= 0.6 is 15.9 Å². The third-order valence-corrected chi connectivity index (χ3v) is 8.61. The highest BCUT2D eigenvalue weighted by atomic mass is 79.9. The Labute approximate surface area is 266 Å². The lowest BCUT2D eigenvalue weighted by Crippen LogP contribution is -2.36. The molecular weight excluding hydrogens is 652 g/mol. The molecule has 0 unspecified atom stereocenters. The molecule has 2 aromatic carbocycles. The van der Waals surface area contributed by atoms with Crippen molar-refractivity contribution in [2.75, 3.05) is 37.2 Å². The maximum Gasteiger partial charge on any atom is 0.407 e. The molecule has 1 fully saturated rings. The molecule has 0 bridgehead atoms. The first kappa shape index (κ1) is 33.2. The second-order valence-corrected chi connectivity index (χ2v) is 14.6. The molecule has 1 saturated carbocycles. The number of nitrogens with zero attached hydrogens (tertiary/aromatic N) is 3. The van der Waals surface area contributed by atoms with E-state index in [1.54, 1.807) is 38.6 Å². The summed E-state index contributed by atoms with van der Waals surface area (Å²) in [7, 11) is -2.13. The molecule has 12 nitrogen and oxygen atoms in total. The van der Waals surface area contributed by atoms with Gasteiger partial charge in [0.2, 0.25) is 15.9 Å². The number of nitrogens with one attached hydrogen (secondary N) is 3. The first-order valence-electron chi connectivity index (χ1n) is 14.4. The summed E-state index contributed by atoms with van der Waals surface area (Å²) >= 11 is 3.43. The molecule has 0 spiro atoms. The van der Waals surface area contributed by atoms with Crippen LogP contribution in [0.2, 0.25) is 0 Å². The van der Waals surface area contributed by atoms with Crippen LogP contribution in [0.1, 0.15) is 68.4 Å². The van der Waals surface area contributed by atoms with Crippen molar-refractivity contribution in [2.45, 2.75) is 58.0 Å². The van der Waals surface area contributed by atoms with Crippen LogP contribution < -0.4 is 20.3 Å². The van der Waals surface area contributed by atoms with Gasteiger partial charge in [-0.2, -0.15) is 5.10 Å². The summed E-state index contributed by atoms with van der Waals surface area (Å²) in [6.45, 7) is 5.76. The van der Waals surface area contributed by atoms with E-state index in [0.29, 0.717) is 34.4 Å². The molecule has 3 amide bonds. The van der Waals surface area contributed by atoms with Crippen molar-refractivity contribution in [3.8, 4) is 5.69 Å². The first-order valence-corrected chi connectivity index (χ1v) is 17.1. The zero-order valence-electron chi connectivity index (χ0n) is 25.6. The lowest BCUT2D eigenvalue weighted by molar-refractivity contribution is -0.120. The van der Waals surface area contributed by atoms with E-state index in [4.69, 9.17) is 9.84 Å². The van der Waals surface area contributed by atoms with Gasteiger partial charge in [0.1, 0.15) is 11.3 Å². The van der Waals surface area contributed by atoms with Crippen LogP contribution in [0.4, 0.5) is 10.5 Å². The number of amides is 3. The predicted molar refractivity (Wildman–Crippen MR) is 173 cm³/mol. The largest absolute Gasteiger partial charge is 0.444 e. The molecule has 0 radical (unpaired) electrons. The summed E-state index contributed by atoms with van der Waals surface area (Å²) in [6.07, 6.45) is 2.82. The van der Waals surface area contributed by atoms with Crippen LogP contribution in [0.5, 0.6) is 0 Å².